The third kappa shape index (κ3) is 3.51. The van der Waals surface area contributed by atoms with Crippen LogP contribution in [0.25, 0.3) is 0 Å². The number of β-amino-alcohol motifs (C(OH)–C–C–N with tert-alkyl or cyclic N) is 1. The molecule has 7 heteroatoms. The van der Waals surface area contributed by atoms with Crippen molar-refractivity contribution in [1.82, 2.24) is 4.90 Å². The Morgan fingerprint density at radius 2 is 2.12 bits per heavy atom. The summed E-state index contributed by atoms with van der Waals surface area (Å²) in [5.41, 5.74) is 3.14. The molecule has 0 saturated heterocycles. The second kappa shape index (κ2) is 7.35. The van der Waals surface area contributed by atoms with Gasteiger partial charge in [-0.25, -0.2) is 4.79 Å². The number of aliphatic hydroxyl groups excluding tert-OH is 1. The summed E-state index contributed by atoms with van der Waals surface area (Å²) >= 11 is 0. The molecule has 0 radical (unpaired) electrons. The van der Waals surface area contributed by atoms with Crippen LogP contribution >= 0.6 is 0 Å². The highest BCUT2D eigenvalue weighted by atomic mass is 16.5. The van der Waals surface area contributed by atoms with E-state index in [2.05, 4.69) is 5.32 Å². The fourth-order valence-electron chi connectivity index (χ4n) is 2.51. The molecular weight excluding hydrogens is 310 g/mol. The van der Waals surface area contributed by atoms with Gasteiger partial charge in [-0.1, -0.05) is 6.07 Å². The van der Waals surface area contributed by atoms with E-state index in [1.165, 1.54) is 12.0 Å². The van der Waals surface area contributed by atoms with Crippen molar-refractivity contribution in [2.45, 2.75) is 6.92 Å². The maximum absolute atomic E-state index is 12.5. The number of anilines is 2. The van der Waals surface area contributed by atoms with Crippen molar-refractivity contribution in [3.63, 3.8) is 0 Å². The summed E-state index contributed by atoms with van der Waals surface area (Å²) in [7, 11) is 5.14. The van der Waals surface area contributed by atoms with Gasteiger partial charge in [-0.05, 0) is 24.6 Å². The van der Waals surface area contributed by atoms with Crippen molar-refractivity contribution in [1.29, 1.82) is 0 Å². The van der Waals surface area contributed by atoms with Gasteiger partial charge in [-0.2, -0.15) is 0 Å². The number of methoxy groups -OCH3 is 1. The number of carbonyl (C=O) groups is 2. The Balaban J connectivity index is 2.38. The van der Waals surface area contributed by atoms with Gasteiger partial charge in [-0.3, -0.25) is 4.79 Å². The largest absolute Gasteiger partial charge is 0.466 e. The van der Waals surface area contributed by atoms with Gasteiger partial charge in [0, 0.05) is 32.0 Å². The van der Waals surface area contributed by atoms with E-state index in [9.17, 15) is 9.59 Å². The summed E-state index contributed by atoms with van der Waals surface area (Å²) < 4.78 is 4.78. The number of nitrogens with one attached hydrogen (secondary N) is 1. The van der Waals surface area contributed by atoms with E-state index in [0.717, 1.165) is 16.9 Å². The first-order valence-electron chi connectivity index (χ1n) is 7.65. The van der Waals surface area contributed by atoms with Crippen molar-refractivity contribution in [2.75, 3.05) is 51.1 Å². The van der Waals surface area contributed by atoms with E-state index < -0.39 is 5.97 Å². The minimum Gasteiger partial charge on any atom is -0.466 e. The van der Waals surface area contributed by atoms with Gasteiger partial charge in [0.25, 0.3) is 5.91 Å². The molecule has 0 fully saturated rings. The molecule has 1 aliphatic rings. The standard InChI is InChI=1S/C17H23N3O4/c1-11-5-6-12(19(2)3)9-14(11)18-15-13(17(23)24-4)10-20(7-8-21)16(15)22/h5-6,9,18,21H,7-8,10H2,1-4H3. The van der Waals surface area contributed by atoms with Crippen LogP contribution in [0.3, 0.4) is 0 Å². The predicted octanol–water partition coefficient (Wildman–Crippen LogP) is 0.735. The molecule has 7 nitrogen and oxygen atoms in total. The van der Waals surface area contributed by atoms with E-state index in [1.54, 1.807) is 0 Å². The lowest BCUT2D eigenvalue weighted by Gasteiger charge is -2.18. The third-order valence-electron chi connectivity index (χ3n) is 3.95. The highest BCUT2D eigenvalue weighted by Crippen LogP contribution is 2.27. The summed E-state index contributed by atoms with van der Waals surface area (Å²) in [6.45, 7) is 2.05. The average molecular weight is 333 g/mol. The number of carbonyl (C=O) groups excluding carboxylic acids is 2. The molecule has 1 amide bonds. The first kappa shape index (κ1) is 17.8. The van der Waals surface area contributed by atoms with Crippen molar-refractivity contribution in [3.8, 4) is 0 Å². The zero-order valence-electron chi connectivity index (χ0n) is 14.4. The zero-order valence-corrected chi connectivity index (χ0v) is 14.4. The van der Waals surface area contributed by atoms with Crippen LogP contribution < -0.4 is 10.2 Å². The van der Waals surface area contributed by atoms with E-state index >= 15 is 0 Å². The minimum absolute atomic E-state index is 0.126. The molecule has 0 spiro atoms. The van der Waals surface area contributed by atoms with Gasteiger partial charge in [0.05, 0.1) is 25.8 Å². The molecule has 0 unspecified atom stereocenters. The molecule has 2 rings (SSSR count). The second-order valence-corrected chi connectivity index (χ2v) is 5.81. The molecule has 24 heavy (non-hydrogen) atoms. The summed E-state index contributed by atoms with van der Waals surface area (Å²) in [4.78, 5) is 27.9. The Bertz CT molecular complexity index is 682. The fraction of sp³-hybridized carbons (Fsp3) is 0.412. The van der Waals surface area contributed by atoms with Crippen molar-refractivity contribution in [2.24, 2.45) is 0 Å². The molecule has 2 N–H and O–H groups in total. The zero-order chi connectivity index (χ0) is 17.9. The molecule has 1 aromatic rings. The van der Waals surface area contributed by atoms with Crippen LogP contribution in [0.4, 0.5) is 11.4 Å². The van der Waals surface area contributed by atoms with E-state index in [0.29, 0.717) is 0 Å². The van der Waals surface area contributed by atoms with Crippen molar-refractivity contribution < 1.29 is 19.4 Å². The Morgan fingerprint density at radius 3 is 2.71 bits per heavy atom. The van der Waals surface area contributed by atoms with E-state index in [4.69, 9.17) is 9.84 Å². The number of hydrogen-bond acceptors (Lipinski definition) is 6. The van der Waals surface area contributed by atoms with Crippen LogP contribution in [0.1, 0.15) is 5.56 Å². The molecule has 1 aliphatic heterocycles. The lowest BCUT2D eigenvalue weighted by atomic mass is 10.1. The molecule has 0 aliphatic carbocycles. The number of aliphatic hydroxyl groups is 1. The van der Waals surface area contributed by atoms with Gasteiger partial charge < -0.3 is 25.0 Å². The number of amides is 1. The topological polar surface area (TPSA) is 82.1 Å². The van der Waals surface area contributed by atoms with E-state index in [1.807, 2.05) is 44.1 Å². The quantitative estimate of drug-likeness (QED) is 0.747. The normalized spacial score (nSPS) is 14.2. The van der Waals surface area contributed by atoms with E-state index in [-0.39, 0.29) is 36.9 Å². The Labute approximate surface area is 141 Å². The van der Waals surface area contributed by atoms with Gasteiger partial charge in [-0.15, -0.1) is 0 Å². The van der Waals surface area contributed by atoms with Gasteiger partial charge in [0.2, 0.25) is 0 Å². The Kier molecular flexibility index (Phi) is 5.46. The summed E-state index contributed by atoms with van der Waals surface area (Å²) in [5.74, 6) is -0.869. The maximum atomic E-state index is 12.5. The molecule has 130 valence electrons. The maximum Gasteiger partial charge on any atom is 0.337 e. The summed E-state index contributed by atoms with van der Waals surface area (Å²) in [6.07, 6.45) is 0. The van der Waals surface area contributed by atoms with Crippen LogP contribution in [0.5, 0.6) is 0 Å². The second-order valence-electron chi connectivity index (χ2n) is 5.81. The van der Waals surface area contributed by atoms with Gasteiger partial charge in [0.1, 0.15) is 5.70 Å². The van der Waals surface area contributed by atoms with Crippen LogP contribution in [0, 0.1) is 6.92 Å². The molecule has 1 aromatic carbocycles. The van der Waals surface area contributed by atoms with Crippen LogP contribution in [0.15, 0.2) is 29.5 Å². The number of rotatable bonds is 6. The highest BCUT2D eigenvalue weighted by Gasteiger charge is 2.34. The lowest BCUT2D eigenvalue weighted by Crippen LogP contribution is -2.31. The number of esters is 1. The van der Waals surface area contributed by atoms with Gasteiger partial charge >= 0.3 is 5.97 Å². The molecule has 0 saturated carbocycles. The lowest BCUT2D eigenvalue weighted by molar-refractivity contribution is -0.136. The number of nitrogens with zero attached hydrogens (tertiary/aromatic N) is 2. The van der Waals surface area contributed by atoms with Crippen LogP contribution in [-0.2, 0) is 14.3 Å². The predicted molar refractivity (Wildman–Crippen MR) is 91.8 cm³/mol. The molecular formula is C17H23N3O4. The number of benzene rings is 1. The first-order chi connectivity index (χ1) is 11.4. The Morgan fingerprint density at radius 1 is 1.42 bits per heavy atom. The number of aryl methyl sites for hydroxylation is 1. The number of hydrogen-bond donors (Lipinski definition) is 2. The molecule has 0 aromatic heterocycles. The molecule has 0 bridgehead atoms. The first-order valence-corrected chi connectivity index (χ1v) is 7.65. The minimum atomic E-state index is -0.548. The number of ether oxygens (including phenoxy) is 1. The SMILES string of the molecule is COC(=O)C1=C(Nc2cc(N(C)C)ccc2C)C(=O)N(CCO)C1. The van der Waals surface area contributed by atoms with Crippen molar-refractivity contribution in [3.05, 3.63) is 35.0 Å². The van der Waals surface area contributed by atoms with Crippen LogP contribution in [-0.4, -0.2) is 62.8 Å². The monoisotopic (exact) mass is 333 g/mol. The van der Waals surface area contributed by atoms with Gasteiger partial charge in [0.15, 0.2) is 0 Å². The fourth-order valence-corrected chi connectivity index (χ4v) is 2.51. The smallest absolute Gasteiger partial charge is 0.337 e. The Hall–Kier alpha value is -2.54. The van der Waals surface area contributed by atoms with Crippen molar-refractivity contribution >= 4 is 23.3 Å². The summed E-state index contributed by atoms with van der Waals surface area (Å²) in [5, 5.41) is 12.2. The third-order valence-corrected chi connectivity index (χ3v) is 3.95. The average Bonchev–Trinajstić information content (AvgIpc) is 2.85. The highest BCUT2D eigenvalue weighted by molar-refractivity contribution is 6.08. The van der Waals surface area contributed by atoms with Crippen LogP contribution in [0.2, 0.25) is 0 Å². The molecule has 1 heterocycles. The summed E-state index contributed by atoms with van der Waals surface area (Å²) in [6, 6.07) is 5.84. The molecule has 0 atom stereocenters.